The monoisotopic (exact) mass is 143 g/mol. The number of hydrogen-bond acceptors (Lipinski definition) is 3. The Balaban J connectivity index is 2.92. The van der Waals surface area contributed by atoms with Gasteiger partial charge in [-0.25, -0.2) is 4.79 Å². The summed E-state index contributed by atoms with van der Waals surface area (Å²) < 4.78 is 0. The molecule has 1 fully saturated rings. The predicted octanol–water partition coefficient (Wildman–Crippen LogP) is -1.16. The van der Waals surface area contributed by atoms with E-state index in [1.54, 1.807) is 0 Å². The van der Waals surface area contributed by atoms with Crippen molar-refractivity contribution >= 4 is 11.9 Å². The summed E-state index contributed by atoms with van der Waals surface area (Å²) >= 11 is 0. The second-order valence-electron chi connectivity index (χ2n) is 2.50. The highest BCUT2D eigenvalue weighted by Crippen LogP contribution is 2.08. The normalized spacial score (nSPS) is 32.9. The van der Waals surface area contributed by atoms with Crippen LogP contribution in [0.4, 0.5) is 4.79 Å². The van der Waals surface area contributed by atoms with Gasteiger partial charge >= 0.3 is 6.03 Å². The Kier molecular flexibility index (Phi) is 1.19. The quantitative estimate of drug-likeness (QED) is 0.420. The minimum atomic E-state index is -1.22. The van der Waals surface area contributed by atoms with Crippen molar-refractivity contribution in [2.75, 3.05) is 7.05 Å². The molecule has 5 nitrogen and oxygen atoms in total. The number of carbonyl (C=O) groups is 2. The maximum atomic E-state index is 11.0. The van der Waals surface area contributed by atoms with Gasteiger partial charge in [0.05, 0.1) is 0 Å². The highest BCUT2D eigenvalue weighted by molar-refractivity contribution is 6.05. The second kappa shape index (κ2) is 1.69. The van der Waals surface area contributed by atoms with Crippen molar-refractivity contribution in [2.45, 2.75) is 12.6 Å². The molecule has 0 aromatic heterocycles. The van der Waals surface area contributed by atoms with E-state index in [4.69, 9.17) is 5.73 Å². The van der Waals surface area contributed by atoms with Gasteiger partial charge in [-0.1, -0.05) is 0 Å². The zero-order chi connectivity index (χ0) is 7.94. The molecule has 1 saturated heterocycles. The molecule has 3 N–H and O–H groups in total. The Hall–Kier alpha value is -1.10. The third kappa shape index (κ3) is 0.750. The molecule has 5 heteroatoms. The number of amides is 3. The summed E-state index contributed by atoms with van der Waals surface area (Å²) in [5, 5.41) is 2.31. The number of imide groups is 1. The third-order valence-electron chi connectivity index (χ3n) is 1.42. The van der Waals surface area contributed by atoms with E-state index >= 15 is 0 Å². The average molecular weight is 143 g/mol. The number of nitrogens with two attached hydrogens (primary N) is 1. The molecule has 56 valence electrons. The number of nitrogens with one attached hydrogen (secondary N) is 1. The van der Waals surface area contributed by atoms with Crippen LogP contribution in [0.25, 0.3) is 0 Å². The van der Waals surface area contributed by atoms with Crippen LogP contribution in [-0.2, 0) is 4.79 Å². The third-order valence-corrected chi connectivity index (χ3v) is 1.42. The number of rotatable bonds is 0. The maximum Gasteiger partial charge on any atom is 0.325 e. The van der Waals surface area contributed by atoms with Crippen molar-refractivity contribution in [1.29, 1.82) is 0 Å². The minimum absolute atomic E-state index is 0.405. The molecule has 1 atom stereocenters. The molecular weight excluding hydrogens is 134 g/mol. The Labute approximate surface area is 58.2 Å². The molecule has 0 bridgehead atoms. The van der Waals surface area contributed by atoms with Gasteiger partial charge in [0.15, 0.2) is 5.66 Å². The lowest BCUT2D eigenvalue weighted by Crippen LogP contribution is -2.52. The molecule has 1 rings (SSSR count). The Morgan fingerprint density at radius 3 is 2.20 bits per heavy atom. The van der Waals surface area contributed by atoms with Crippen LogP contribution >= 0.6 is 0 Å². The second-order valence-corrected chi connectivity index (χ2v) is 2.50. The van der Waals surface area contributed by atoms with E-state index in [0.717, 1.165) is 4.90 Å². The van der Waals surface area contributed by atoms with E-state index in [-0.39, 0.29) is 0 Å². The van der Waals surface area contributed by atoms with Crippen molar-refractivity contribution in [3.63, 3.8) is 0 Å². The van der Waals surface area contributed by atoms with Gasteiger partial charge in [-0.05, 0) is 6.92 Å². The molecule has 0 aliphatic carbocycles. The van der Waals surface area contributed by atoms with Gasteiger partial charge in [-0.3, -0.25) is 9.69 Å². The average Bonchev–Trinajstić information content (AvgIpc) is 1.95. The summed E-state index contributed by atoms with van der Waals surface area (Å²) in [7, 11) is 1.38. The van der Waals surface area contributed by atoms with E-state index < -0.39 is 17.6 Å². The van der Waals surface area contributed by atoms with Crippen LogP contribution in [-0.4, -0.2) is 29.5 Å². The largest absolute Gasteiger partial charge is 0.325 e. The van der Waals surface area contributed by atoms with Gasteiger partial charge in [0.25, 0.3) is 5.91 Å². The van der Waals surface area contributed by atoms with Gasteiger partial charge in [0, 0.05) is 7.05 Å². The lowest BCUT2D eigenvalue weighted by Gasteiger charge is -2.12. The Morgan fingerprint density at radius 1 is 1.60 bits per heavy atom. The fourth-order valence-electron chi connectivity index (χ4n) is 0.800. The number of hydrogen-bond donors (Lipinski definition) is 2. The highest BCUT2D eigenvalue weighted by Gasteiger charge is 2.42. The summed E-state index contributed by atoms with van der Waals surface area (Å²) in [6.07, 6.45) is 0. The first-order valence-corrected chi connectivity index (χ1v) is 2.84. The Bertz CT molecular complexity index is 199. The Morgan fingerprint density at radius 2 is 2.10 bits per heavy atom. The summed E-state index contributed by atoms with van der Waals surface area (Å²) in [5.41, 5.74) is 4.16. The molecule has 1 aliphatic heterocycles. The molecule has 0 radical (unpaired) electrons. The number of urea groups is 1. The lowest BCUT2D eigenvalue weighted by atomic mass is 10.2. The van der Waals surface area contributed by atoms with Crippen LogP contribution < -0.4 is 11.1 Å². The van der Waals surface area contributed by atoms with Crippen molar-refractivity contribution in [3.8, 4) is 0 Å². The van der Waals surface area contributed by atoms with Crippen molar-refractivity contribution in [1.82, 2.24) is 10.2 Å². The van der Waals surface area contributed by atoms with Crippen LogP contribution in [0.2, 0.25) is 0 Å². The fraction of sp³-hybridized carbons (Fsp3) is 0.600. The number of carbonyl (C=O) groups excluding carboxylic acids is 2. The van der Waals surface area contributed by atoms with E-state index in [1.807, 2.05) is 0 Å². The van der Waals surface area contributed by atoms with Crippen LogP contribution in [0.3, 0.4) is 0 Å². The van der Waals surface area contributed by atoms with Crippen LogP contribution in [0.5, 0.6) is 0 Å². The molecule has 0 aromatic rings. The van der Waals surface area contributed by atoms with Gasteiger partial charge in [0.2, 0.25) is 0 Å². The zero-order valence-electron chi connectivity index (χ0n) is 5.84. The van der Waals surface area contributed by atoms with Gasteiger partial charge in [0.1, 0.15) is 0 Å². The predicted molar refractivity (Wildman–Crippen MR) is 33.9 cm³/mol. The number of nitrogens with zero attached hydrogens (tertiary/aromatic N) is 1. The summed E-state index contributed by atoms with van der Waals surface area (Å²) in [6.45, 7) is 1.46. The molecular formula is C5H9N3O2. The molecule has 1 heterocycles. The minimum Gasteiger partial charge on any atom is -0.311 e. The molecule has 0 spiro atoms. The molecule has 0 saturated carbocycles. The van der Waals surface area contributed by atoms with E-state index in [9.17, 15) is 9.59 Å². The van der Waals surface area contributed by atoms with Crippen molar-refractivity contribution in [3.05, 3.63) is 0 Å². The molecule has 1 unspecified atom stereocenters. The van der Waals surface area contributed by atoms with Crippen molar-refractivity contribution < 1.29 is 9.59 Å². The van der Waals surface area contributed by atoms with Gasteiger partial charge in [-0.2, -0.15) is 0 Å². The summed E-state index contributed by atoms with van der Waals surface area (Å²) in [4.78, 5) is 22.6. The summed E-state index contributed by atoms with van der Waals surface area (Å²) in [6, 6.07) is -0.449. The molecule has 1 aliphatic rings. The number of likely N-dealkylation sites (N-methyl/N-ethyl adjacent to an activating group) is 1. The first kappa shape index (κ1) is 7.01. The molecule has 10 heavy (non-hydrogen) atoms. The molecule has 0 aromatic carbocycles. The SMILES string of the molecule is CN1C(=O)NC(C)(N)C1=O. The zero-order valence-corrected chi connectivity index (χ0v) is 5.84. The topological polar surface area (TPSA) is 75.4 Å². The standard InChI is InChI=1S/C5H9N3O2/c1-5(6)3(9)8(2)4(10)7-5/h6H2,1-2H3,(H,7,10). The summed E-state index contributed by atoms with van der Waals surface area (Å²) in [5.74, 6) is -0.405. The molecule has 3 amide bonds. The fourth-order valence-corrected chi connectivity index (χ4v) is 0.800. The lowest BCUT2D eigenvalue weighted by molar-refractivity contribution is -0.129. The smallest absolute Gasteiger partial charge is 0.311 e. The van der Waals surface area contributed by atoms with Gasteiger partial charge in [-0.15, -0.1) is 0 Å². The van der Waals surface area contributed by atoms with E-state index in [2.05, 4.69) is 5.32 Å². The van der Waals surface area contributed by atoms with Gasteiger partial charge < -0.3 is 11.1 Å². The van der Waals surface area contributed by atoms with Crippen molar-refractivity contribution in [2.24, 2.45) is 5.73 Å². The van der Waals surface area contributed by atoms with E-state index in [1.165, 1.54) is 14.0 Å². The van der Waals surface area contributed by atoms with E-state index in [0.29, 0.717) is 0 Å². The van der Waals surface area contributed by atoms with Crippen LogP contribution in [0, 0.1) is 0 Å². The van der Waals surface area contributed by atoms with Crippen LogP contribution in [0.1, 0.15) is 6.92 Å². The van der Waals surface area contributed by atoms with Crippen LogP contribution in [0.15, 0.2) is 0 Å². The first-order valence-electron chi connectivity index (χ1n) is 2.84. The maximum absolute atomic E-state index is 11.0. The first-order chi connectivity index (χ1) is 4.45. The highest BCUT2D eigenvalue weighted by atomic mass is 16.2.